The number of hydrogen-bond donors (Lipinski definition) is 1. The van der Waals surface area contributed by atoms with Gasteiger partial charge in [-0.05, 0) is 54.3 Å². The normalized spacial score (nSPS) is 12.6. The highest BCUT2D eigenvalue weighted by atomic mass is 79.9. The minimum atomic E-state index is -0.691. The largest absolute Gasteiger partial charge is 0.352 e. The third-order valence-corrected chi connectivity index (χ3v) is 6.95. The molecule has 0 aliphatic rings. The molecule has 3 aromatic rings. The van der Waals surface area contributed by atoms with Crippen molar-refractivity contribution in [1.82, 2.24) is 10.2 Å². The average molecular weight is 576 g/mol. The summed E-state index contributed by atoms with van der Waals surface area (Å²) in [6.45, 7) is 4.27. The highest BCUT2D eigenvalue weighted by Crippen LogP contribution is 2.24. The van der Waals surface area contributed by atoms with E-state index in [0.717, 1.165) is 22.0 Å². The molecule has 0 heterocycles. The quantitative estimate of drug-likeness (QED) is 0.287. The zero-order valence-corrected chi connectivity index (χ0v) is 22.9. The van der Waals surface area contributed by atoms with Crippen LogP contribution in [-0.4, -0.2) is 28.8 Å². The molecule has 0 saturated heterocycles. The fourth-order valence-corrected chi connectivity index (χ4v) is 4.68. The van der Waals surface area contributed by atoms with Crippen LogP contribution in [0.1, 0.15) is 37.0 Å². The van der Waals surface area contributed by atoms with Gasteiger partial charge >= 0.3 is 0 Å². The van der Waals surface area contributed by atoms with E-state index in [0.29, 0.717) is 22.0 Å². The standard InChI is InChI=1S/C28H29BrCl2N2O2/c1-3-19(2)32-28(35)26(15-20-8-5-4-6-9-20)33(18-21-10-7-11-23(29)14-21)27(34)16-22-12-13-24(30)17-25(22)31/h4-14,17,19,26H,3,15-16,18H2,1-2H3,(H,32,35)/t19-,26-/m0/s1. The molecule has 0 aliphatic heterocycles. The maximum absolute atomic E-state index is 13.8. The lowest BCUT2D eigenvalue weighted by Crippen LogP contribution is -2.52. The van der Waals surface area contributed by atoms with E-state index in [9.17, 15) is 9.59 Å². The van der Waals surface area contributed by atoms with Crippen LogP contribution in [0.15, 0.2) is 77.3 Å². The molecule has 0 saturated carbocycles. The molecule has 0 unspecified atom stereocenters. The third kappa shape index (κ3) is 8.09. The van der Waals surface area contributed by atoms with Gasteiger partial charge in [-0.15, -0.1) is 0 Å². The highest BCUT2D eigenvalue weighted by Gasteiger charge is 2.31. The summed E-state index contributed by atoms with van der Waals surface area (Å²) in [6.07, 6.45) is 1.26. The van der Waals surface area contributed by atoms with Crippen molar-refractivity contribution in [1.29, 1.82) is 0 Å². The first-order valence-electron chi connectivity index (χ1n) is 11.6. The average Bonchev–Trinajstić information content (AvgIpc) is 2.83. The van der Waals surface area contributed by atoms with Gasteiger partial charge < -0.3 is 10.2 Å². The maximum Gasteiger partial charge on any atom is 0.243 e. The van der Waals surface area contributed by atoms with Gasteiger partial charge in [-0.2, -0.15) is 0 Å². The third-order valence-electron chi connectivity index (χ3n) is 5.87. The number of rotatable bonds is 10. The van der Waals surface area contributed by atoms with Gasteiger partial charge in [0.05, 0.1) is 6.42 Å². The molecule has 0 radical (unpaired) electrons. The second kappa shape index (κ2) is 13.1. The molecule has 35 heavy (non-hydrogen) atoms. The van der Waals surface area contributed by atoms with Crippen molar-refractivity contribution < 1.29 is 9.59 Å². The molecule has 4 nitrogen and oxygen atoms in total. The number of nitrogens with zero attached hydrogens (tertiary/aromatic N) is 1. The van der Waals surface area contributed by atoms with Crippen LogP contribution in [0.25, 0.3) is 0 Å². The van der Waals surface area contributed by atoms with E-state index < -0.39 is 6.04 Å². The zero-order chi connectivity index (χ0) is 25.4. The molecule has 7 heteroatoms. The first kappa shape index (κ1) is 27.3. The SMILES string of the molecule is CC[C@H](C)NC(=O)[C@H](Cc1ccccc1)N(Cc1cccc(Br)c1)C(=O)Cc1ccc(Cl)cc1Cl. The predicted molar refractivity (Wildman–Crippen MR) is 147 cm³/mol. The number of nitrogens with one attached hydrogen (secondary N) is 1. The molecule has 184 valence electrons. The summed E-state index contributed by atoms with van der Waals surface area (Å²) in [5, 5.41) is 4.01. The summed E-state index contributed by atoms with van der Waals surface area (Å²) in [7, 11) is 0. The van der Waals surface area contributed by atoms with E-state index in [-0.39, 0.29) is 30.8 Å². The molecule has 0 bridgehead atoms. The van der Waals surface area contributed by atoms with Crippen molar-refractivity contribution in [2.45, 2.75) is 51.7 Å². The number of carbonyl (C=O) groups is 2. The second-order valence-electron chi connectivity index (χ2n) is 8.59. The van der Waals surface area contributed by atoms with Crippen LogP contribution in [0.3, 0.4) is 0 Å². The Bertz CT molecular complexity index is 1160. The Morgan fingerprint density at radius 2 is 1.69 bits per heavy atom. The topological polar surface area (TPSA) is 49.4 Å². The first-order chi connectivity index (χ1) is 16.8. The summed E-state index contributed by atoms with van der Waals surface area (Å²) < 4.78 is 0.909. The summed E-state index contributed by atoms with van der Waals surface area (Å²) in [5.41, 5.74) is 2.57. The molecule has 0 aromatic heterocycles. The number of carbonyl (C=O) groups excluding carboxylic acids is 2. The van der Waals surface area contributed by atoms with Crippen LogP contribution in [-0.2, 0) is 29.0 Å². The summed E-state index contributed by atoms with van der Waals surface area (Å²) >= 11 is 15.9. The van der Waals surface area contributed by atoms with Crippen molar-refractivity contribution >= 4 is 50.9 Å². The van der Waals surface area contributed by atoms with Crippen molar-refractivity contribution in [2.75, 3.05) is 0 Å². The van der Waals surface area contributed by atoms with Crippen molar-refractivity contribution in [3.05, 3.63) is 104 Å². The Balaban J connectivity index is 1.99. The predicted octanol–water partition coefficient (Wildman–Crippen LogP) is 6.85. The monoisotopic (exact) mass is 574 g/mol. The number of benzene rings is 3. The first-order valence-corrected chi connectivity index (χ1v) is 13.1. The zero-order valence-electron chi connectivity index (χ0n) is 19.8. The Hall–Kier alpha value is -2.34. The lowest BCUT2D eigenvalue weighted by atomic mass is 10.0. The molecule has 0 spiro atoms. The lowest BCUT2D eigenvalue weighted by molar-refractivity contribution is -0.141. The van der Waals surface area contributed by atoms with Gasteiger partial charge in [-0.1, -0.05) is 94.6 Å². The molecule has 1 N–H and O–H groups in total. The van der Waals surface area contributed by atoms with Gasteiger partial charge in [-0.25, -0.2) is 0 Å². The van der Waals surface area contributed by atoms with E-state index >= 15 is 0 Å². The Labute approximate surface area is 225 Å². The van der Waals surface area contributed by atoms with Gasteiger partial charge in [-0.3, -0.25) is 9.59 Å². The summed E-state index contributed by atoms with van der Waals surface area (Å²) in [5.74, 6) is -0.358. The molecule has 2 atom stereocenters. The molecule has 2 amide bonds. The van der Waals surface area contributed by atoms with Gasteiger partial charge in [0, 0.05) is 33.5 Å². The molecular weight excluding hydrogens is 547 g/mol. The Kier molecular flexibility index (Phi) is 10.2. The van der Waals surface area contributed by atoms with Crippen LogP contribution in [0.4, 0.5) is 0 Å². The van der Waals surface area contributed by atoms with Crippen molar-refractivity contribution in [2.24, 2.45) is 0 Å². The fraction of sp³-hybridized carbons (Fsp3) is 0.286. The Morgan fingerprint density at radius 3 is 2.34 bits per heavy atom. The minimum absolute atomic E-state index is 0.00527. The van der Waals surface area contributed by atoms with E-state index in [4.69, 9.17) is 23.2 Å². The molecule has 3 rings (SSSR count). The van der Waals surface area contributed by atoms with Crippen LogP contribution >= 0.6 is 39.1 Å². The van der Waals surface area contributed by atoms with Crippen LogP contribution < -0.4 is 5.32 Å². The van der Waals surface area contributed by atoms with Gasteiger partial charge in [0.1, 0.15) is 6.04 Å². The van der Waals surface area contributed by atoms with Gasteiger partial charge in [0.15, 0.2) is 0 Å². The van der Waals surface area contributed by atoms with E-state index in [1.165, 1.54) is 0 Å². The number of halogens is 3. The molecule has 3 aromatic carbocycles. The molecular formula is C28H29BrCl2N2O2. The van der Waals surface area contributed by atoms with E-state index in [1.54, 1.807) is 23.1 Å². The second-order valence-corrected chi connectivity index (χ2v) is 10.3. The Morgan fingerprint density at radius 1 is 0.971 bits per heavy atom. The minimum Gasteiger partial charge on any atom is -0.352 e. The molecule has 0 aliphatic carbocycles. The van der Waals surface area contributed by atoms with Gasteiger partial charge in [0.25, 0.3) is 0 Å². The maximum atomic E-state index is 13.8. The van der Waals surface area contributed by atoms with Crippen molar-refractivity contribution in [3.63, 3.8) is 0 Å². The van der Waals surface area contributed by atoms with Crippen molar-refractivity contribution in [3.8, 4) is 0 Å². The summed E-state index contributed by atoms with van der Waals surface area (Å²) in [4.78, 5) is 29.0. The fourth-order valence-electron chi connectivity index (χ4n) is 3.76. The van der Waals surface area contributed by atoms with E-state index in [2.05, 4.69) is 21.2 Å². The summed E-state index contributed by atoms with van der Waals surface area (Å²) in [6, 6.07) is 21.9. The molecule has 0 fully saturated rings. The van der Waals surface area contributed by atoms with Crippen LogP contribution in [0, 0.1) is 0 Å². The number of amides is 2. The smallest absolute Gasteiger partial charge is 0.243 e. The number of hydrogen-bond acceptors (Lipinski definition) is 2. The van der Waals surface area contributed by atoms with Gasteiger partial charge in [0.2, 0.25) is 11.8 Å². The highest BCUT2D eigenvalue weighted by molar-refractivity contribution is 9.10. The lowest BCUT2D eigenvalue weighted by Gasteiger charge is -2.32. The van der Waals surface area contributed by atoms with E-state index in [1.807, 2.05) is 68.4 Å². The van der Waals surface area contributed by atoms with Crippen LogP contribution in [0.2, 0.25) is 10.0 Å². The van der Waals surface area contributed by atoms with Crippen LogP contribution in [0.5, 0.6) is 0 Å².